The molecule has 1 aliphatic rings. The summed E-state index contributed by atoms with van der Waals surface area (Å²) >= 11 is 0. The Morgan fingerprint density at radius 2 is 1.00 bits per heavy atom. The monoisotopic (exact) mass is 1080 g/mol. The van der Waals surface area contributed by atoms with Crippen molar-refractivity contribution in [2.24, 2.45) is 0 Å². The lowest BCUT2D eigenvalue weighted by Gasteiger charge is -2.41. The summed E-state index contributed by atoms with van der Waals surface area (Å²) in [5.74, 6) is -1.24. The van der Waals surface area contributed by atoms with Gasteiger partial charge in [0.05, 0.1) is 25.4 Å². The number of carbonyl (C=O) groups is 2. The van der Waals surface area contributed by atoms with Crippen molar-refractivity contribution >= 4 is 11.9 Å². The summed E-state index contributed by atoms with van der Waals surface area (Å²) in [4.78, 5) is 26.5. The fraction of sp³-hybridized carbons (Fsp3) is 0.667. The second-order valence-electron chi connectivity index (χ2n) is 20.4. The number of ether oxygens (including phenoxy) is 3. The molecular formula is C66H109NO10. The molecule has 0 spiro atoms. The average Bonchev–Trinajstić information content (AvgIpc) is 3.43. The van der Waals surface area contributed by atoms with Gasteiger partial charge in [0.25, 0.3) is 0 Å². The molecule has 8 atom stereocenters. The Morgan fingerprint density at radius 3 is 1.55 bits per heavy atom. The number of allylic oxidation sites excluding steroid dienone is 19. The average molecular weight is 1080 g/mol. The van der Waals surface area contributed by atoms with Crippen molar-refractivity contribution in [2.75, 3.05) is 13.2 Å². The Bertz CT molecular complexity index is 1710. The van der Waals surface area contributed by atoms with Gasteiger partial charge in [0, 0.05) is 6.42 Å². The van der Waals surface area contributed by atoms with Crippen LogP contribution in [0.25, 0.3) is 0 Å². The first-order valence-corrected chi connectivity index (χ1v) is 30.3. The summed E-state index contributed by atoms with van der Waals surface area (Å²) in [6, 6.07) is -1.04. The predicted molar refractivity (Wildman–Crippen MR) is 319 cm³/mol. The van der Waals surface area contributed by atoms with Crippen LogP contribution in [-0.4, -0.2) is 99.6 Å². The zero-order valence-corrected chi connectivity index (χ0v) is 48.3. The van der Waals surface area contributed by atoms with Gasteiger partial charge < -0.3 is 45.1 Å². The van der Waals surface area contributed by atoms with E-state index < -0.39 is 67.4 Å². The molecule has 0 radical (unpaired) electrons. The summed E-state index contributed by atoms with van der Waals surface area (Å²) in [5.41, 5.74) is 0. The number of rotatable bonds is 49. The molecule has 1 aliphatic heterocycles. The van der Waals surface area contributed by atoms with Crippen LogP contribution in [0.2, 0.25) is 0 Å². The van der Waals surface area contributed by atoms with E-state index in [9.17, 15) is 35.1 Å². The van der Waals surface area contributed by atoms with E-state index in [1.165, 1.54) is 38.5 Å². The van der Waals surface area contributed by atoms with E-state index >= 15 is 0 Å². The number of nitrogens with one attached hydrogen (secondary N) is 1. The zero-order chi connectivity index (χ0) is 56.1. The molecule has 6 N–H and O–H groups in total. The lowest BCUT2D eigenvalue weighted by Crippen LogP contribution is -2.61. The maximum absolute atomic E-state index is 13.4. The highest BCUT2D eigenvalue weighted by atomic mass is 16.7. The number of aliphatic hydroxyl groups is 5. The van der Waals surface area contributed by atoms with Crippen LogP contribution in [0.3, 0.4) is 0 Å². The fourth-order valence-electron chi connectivity index (χ4n) is 8.65. The molecule has 0 aromatic rings. The van der Waals surface area contributed by atoms with Crippen LogP contribution in [-0.2, 0) is 23.8 Å². The second kappa shape index (κ2) is 52.7. The van der Waals surface area contributed by atoms with Crippen LogP contribution in [0.5, 0.6) is 0 Å². The molecule has 11 nitrogen and oxygen atoms in total. The van der Waals surface area contributed by atoms with E-state index in [-0.39, 0.29) is 19.4 Å². The Morgan fingerprint density at radius 1 is 0.532 bits per heavy atom. The van der Waals surface area contributed by atoms with Gasteiger partial charge in [-0.3, -0.25) is 9.59 Å². The summed E-state index contributed by atoms with van der Waals surface area (Å²) in [6.07, 6.45) is 62.4. The lowest BCUT2D eigenvalue weighted by atomic mass is 9.99. The number of unbranched alkanes of at least 4 members (excludes halogenated alkanes) is 19. The van der Waals surface area contributed by atoms with Crippen LogP contribution >= 0.6 is 0 Å². The molecule has 0 aliphatic carbocycles. The minimum Gasteiger partial charge on any atom is -0.454 e. The highest BCUT2D eigenvalue weighted by Crippen LogP contribution is 2.26. The summed E-state index contributed by atoms with van der Waals surface area (Å²) in [6.45, 7) is 5.48. The van der Waals surface area contributed by atoms with Crippen LogP contribution in [0, 0.1) is 0 Å². The topological polar surface area (TPSA) is 175 Å². The number of carbonyl (C=O) groups excluding carboxylic acids is 2. The molecule has 8 unspecified atom stereocenters. The fourth-order valence-corrected chi connectivity index (χ4v) is 8.65. The van der Waals surface area contributed by atoms with Crippen LogP contribution in [0.4, 0.5) is 0 Å². The Hall–Kier alpha value is -3.94. The largest absolute Gasteiger partial charge is 0.454 e. The molecule has 0 aromatic carbocycles. The van der Waals surface area contributed by atoms with Crippen molar-refractivity contribution in [3.05, 3.63) is 122 Å². The molecule has 0 bridgehead atoms. The molecular weight excluding hydrogens is 967 g/mol. The Kier molecular flexibility index (Phi) is 48.7. The van der Waals surface area contributed by atoms with Crippen molar-refractivity contribution < 1.29 is 49.3 Å². The molecule has 1 amide bonds. The third-order valence-corrected chi connectivity index (χ3v) is 13.4. The van der Waals surface area contributed by atoms with Gasteiger partial charge >= 0.3 is 5.97 Å². The van der Waals surface area contributed by atoms with Gasteiger partial charge in [-0.15, -0.1) is 0 Å². The van der Waals surface area contributed by atoms with Crippen LogP contribution in [0.15, 0.2) is 122 Å². The maximum atomic E-state index is 13.4. The number of esters is 1. The van der Waals surface area contributed by atoms with Crippen molar-refractivity contribution in [2.45, 2.75) is 269 Å². The minimum absolute atomic E-state index is 0.0961. The number of hydrogen-bond acceptors (Lipinski definition) is 10. The summed E-state index contributed by atoms with van der Waals surface area (Å²) < 4.78 is 17.6. The zero-order valence-electron chi connectivity index (χ0n) is 48.3. The van der Waals surface area contributed by atoms with Gasteiger partial charge in [0.1, 0.15) is 24.4 Å². The lowest BCUT2D eigenvalue weighted by molar-refractivity contribution is -0.305. The quantitative estimate of drug-likeness (QED) is 0.0149. The van der Waals surface area contributed by atoms with Gasteiger partial charge in [-0.1, -0.05) is 239 Å². The molecule has 1 rings (SSSR count). The summed E-state index contributed by atoms with van der Waals surface area (Å²) in [5, 5.41) is 56.8. The maximum Gasteiger partial charge on any atom is 0.306 e. The van der Waals surface area contributed by atoms with E-state index in [0.29, 0.717) is 12.8 Å². The van der Waals surface area contributed by atoms with Crippen molar-refractivity contribution in [3.8, 4) is 0 Å². The normalized spacial score (nSPS) is 19.9. The van der Waals surface area contributed by atoms with E-state index in [1.807, 2.05) is 30.4 Å². The van der Waals surface area contributed by atoms with Crippen molar-refractivity contribution in [1.82, 2.24) is 5.32 Å². The third kappa shape index (κ3) is 40.8. The van der Waals surface area contributed by atoms with Gasteiger partial charge in [-0.25, -0.2) is 0 Å². The Balaban J connectivity index is 2.64. The van der Waals surface area contributed by atoms with Crippen LogP contribution in [0.1, 0.15) is 220 Å². The van der Waals surface area contributed by atoms with Gasteiger partial charge in [-0.05, 0) is 96.3 Å². The first-order chi connectivity index (χ1) is 37.7. The molecule has 1 fully saturated rings. The molecule has 438 valence electrons. The predicted octanol–water partition coefficient (Wildman–Crippen LogP) is 14.3. The molecule has 11 heteroatoms. The molecule has 1 saturated heterocycles. The minimum atomic E-state index is -1.63. The van der Waals surface area contributed by atoms with Crippen molar-refractivity contribution in [3.63, 3.8) is 0 Å². The summed E-state index contributed by atoms with van der Waals surface area (Å²) in [7, 11) is 0. The molecule has 77 heavy (non-hydrogen) atoms. The Labute approximate surface area is 468 Å². The molecule has 0 aromatic heterocycles. The van der Waals surface area contributed by atoms with Crippen molar-refractivity contribution in [1.29, 1.82) is 0 Å². The van der Waals surface area contributed by atoms with Gasteiger partial charge in [0.2, 0.25) is 5.91 Å². The number of hydrogen-bond donors (Lipinski definition) is 6. The number of aliphatic hydroxyl groups excluding tert-OH is 5. The highest BCUT2D eigenvalue weighted by Gasteiger charge is 2.47. The molecule has 1 heterocycles. The van der Waals surface area contributed by atoms with E-state index in [4.69, 9.17) is 14.2 Å². The van der Waals surface area contributed by atoms with Crippen LogP contribution < -0.4 is 5.32 Å². The third-order valence-electron chi connectivity index (χ3n) is 13.4. The van der Waals surface area contributed by atoms with E-state index in [0.717, 1.165) is 135 Å². The second-order valence-corrected chi connectivity index (χ2v) is 20.4. The smallest absolute Gasteiger partial charge is 0.306 e. The first-order valence-electron chi connectivity index (χ1n) is 30.3. The van der Waals surface area contributed by atoms with E-state index in [1.54, 1.807) is 6.08 Å². The van der Waals surface area contributed by atoms with Gasteiger partial charge in [-0.2, -0.15) is 0 Å². The number of amides is 1. The van der Waals surface area contributed by atoms with Gasteiger partial charge in [0.15, 0.2) is 12.4 Å². The highest BCUT2D eigenvalue weighted by molar-refractivity contribution is 5.80. The molecule has 0 saturated carbocycles. The first kappa shape index (κ1) is 71.1. The van der Waals surface area contributed by atoms with E-state index in [2.05, 4.69) is 111 Å². The SMILES string of the molecule is CC/C=C\C/C=C\C/C=C\C/C=C\C/C=C\C/C=C\CCCCCCCCC(=O)OC1C(OCC(NC(=O)C(O)CCCCCC\C=C/C=C/C=C/CC)C(O)/C=C/CCCCCCCCCCC)OC(CO)C(O)C1O. The standard InChI is InChI=1S/C66H109NO10/c1-4-7-10-13-16-19-22-24-25-26-27-28-29-30-31-32-33-34-35-36-39-42-45-48-51-54-61(71)77-64-63(73)62(72)60(55-68)76-66(64)75-56-57(58(69)52-49-46-43-40-37-21-18-15-12-9-6-3)67-65(74)59(70)53-50-47-44-41-38-23-20-17-14-11-8-5-2/h7-8,10-11,14,16-17,19-20,23-25,27-28,30-31,33-34,49,52,57-60,62-64,66,68-70,72-73H,4-6,9,12-13,15,18,21-22,26,29,32,35-48,50-51,53-56H2,1-3H3,(H,67,74)/b10-7-,11-8+,17-14+,19-16-,23-20-,25-24-,28-27-,31-30-,34-33-,52-49+.